The maximum absolute atomic E-state index is 4.86. The Hall–Kier alpha value is -5.94. The van der Waals surface area contributed by atoms with E-state index in [1.54, 1.807) is 0 Å². The largest absolute Gasteiger partial charge is 0.317 e. The molecular weight excluding hydrogens is 526 g/mol. The van der Waals surface area contributed by atoms with Gasteiger partial charge < -0.3 is 4.57 Å². The molecule has 0 amide bonds. The van der Waals surface area contributed by atoms with Crippen molar-refractivity contribution in [3.63, 3.8) is 0 Å². The van der Waals surface area contributed by atoms with Crippen molar-refractivity contribution >= 4 is 43.5 Å². The fourth-order valence-electron chi connectivity index (χ4n) is 6.39. The van der Waals surface area contributed by atoms with E-state index in [1.807, 2.05) is 24.3 Å². The number of nitrogens with zero attached hydrogens (tertiary/aromatic N) is 5. The summed E-state index contributed by atoms with van der Waals surface area (Å²) in [4.78, 5) is 0. The molecule has 0 saturated carbocycles. The summed E-state index contributed by atoms with van der Waals surface area (Å²) in [6, 6.07) is 51.1. The van der Waals surface area contributed by atoms with Crippen molar-refractivity contribution < 1.29 is 0 Å². The third kappa shape index (κ3) is 3.65. The summed E-state index contributed by atoms with van der Waals surface area (Å²) in [5.41, 5.74) is 6.54. The standard InChI is InChI=1S/C38H25N5/c1-4-12-26(13-5-1)37-39-40-38(42(37)31-16-8-3-9-17-31)43-34-19-11-10-18-32(34)33-23-28-22-27-20-21-41(30-14-6-2-7-15-30)35(27)24-29(28)25-36(33)43/h1-25H. The molecule has 9 rings (SSSR count). The number of benzene rings is 6. The first kappa shape index (κ1) is 23.7. The average Bonchev–Trinajstić information content (AvgIpc) is 3.77. The van der Waals surface area contributed by atoms with Crippen LogP contribution in [-0.4, -0.2) is 23.9 Å². The van der Waals surface area contributed by atoms with Crippen molar-refractivity contribution in [2.45, 2.75) is 0 Å². The molecule has 5 heteroatoms. The lowest BCUT2D eigenvalue weighted by atomic mass is 10.0. The topological polar surface area (TPSA) is 40.6 Å². The van der Waals surface area contributed by atoms with Gasteiger partial charge in [0.25, 0.3) is 0 Å². The first-order valence-corrected chi connectivity index (χ1v) is 14.4. The first-order valence-electron chi connectivity index (χ1n) is 14.4. The zero-order valence-corrected chi connectivity index (χ0v) is 23.2. The zero-order valence-electron chi connectivity index (χ0n) is 23.2. The van der Waals surface area contributed by atoms with Crippen LogP contribution in [0.1, 0.15) is 0 Å². The van der Waals surface area contributed by atoms with Crippen LogP contribution in [0.5, 0.6) is 0 Å². The van der Waals surface area contributed by atoms with Crippen LogP contribution >= 0.6 is 0 Å². The van der Waals surface area contributed by atoms with Gasteiger partial charge in [-0.25, -0.2) is 0 Å². The van der Waals surface area contributed by atoms with Crippen LogP contribution in [0.4, 0.5) is 0 Å². The van der Waals surface area contributed by atoms with Crippen molar-refractivity contribution in [2.75, 3.05) is 0 Å². The van der Waals surface area contributed by atoms with Crippen LogP contribution in [0.3, 0.4) is 0 Å². The summed E-state index contributed by atoms with van der Waals surface area (Å²) in [6.07, 6.45) is 2.15. The highest BCUT2D eigenvalue weighted by atomic mass is 15.4. The second-order valence-corrected chi connectivity index (χ2v) is 10.9. The van der Waals surface area contributed by atoms with Crippen molar-refractivity contribution in [2.24, 2.45) is 0 Å². The summed E-state index contributed by atoms with van der Waals surface area (Å²) in [6.45, 7) is 0. The average molecular weight is 552 g/mol. The first-order chi connectivity index (χ1) is 21.3. The zero-order chi connectivity index (χ0) is 28.3. The Balaban J connectivity index is 1.36. The summed E-state index contributed by atoms with van der Waals surface area (Å²) < 4.78 is 6.68. The molecule has 3 aromatic heterocycles. The number of aromatic nitrogens is 5. The Morgan fingerprint density at radius 3 is 1.86 bits per heavy atom. The molecular formula is C38H25N5. The van der Waals surface area contributed by atoms with Gasteiger partial charge in [-0.1, -0.05) is 84.9 Å². The molecule has 0 atom stereocenters. The molecule has 0 fully saturated rings. The Labute approximate surface area is 247 Å². The number of para-hydroxylation sites is 3. The van der Waals surface area contributed by atoms with E-state index < -0.39 is 0 Å². The fraction of sp³-hybridized carbons (Fsp3) is 0. The molecule has 6 aromatic carbocycles. The van der Waals surface area contributed by atoms with Crippen LogP contribution in [0.2, 0.25) is 0 Å². The molecule has 0 aliphatic heterocycles. The van der Waals surface area contributed by atoms with Gasteiger partial charge in [-0.2, -0.15) is 0 Å². The van der Waals surface area contributed by atoms with Gasteiger partial charge in [0.15, 0.2) is 5.82 Å². The highest BCUT2D eigenvalue weighted by Gasteiger charge is 2.22. The molecule has 0 saturated heterocycles. The summed E-state index contributed by atoms with van der Waals surface area (Å²) in [5, 5.41) is 15.6. The molecule has 0 bridgehead atoms. The fourth-order valence-corrected chi connectivity index (χ4v) is 6.39. The minimum atomic E-state index is 0.754. The van der Waals surface area contributed by atoms with E-state index in [9.17, 15) is 0 Å². The number of fused-ring (bicyclic) bond motifs is 5. The molecule has 0 spiro atoms. The molecule has 0 unspecified atom stereocenters. The van der Waals surface area contributed by atoms with Crippen LogP contribution in [0, 0.1) is 0 Å². The quantitative estimate of drug-likeness (QED) is 0.219. The molecule has 0 aliphatic rings. The summed E-state index contributed by atoms with van der Waals surface area (Å²) >= 11 is 0. The van der Waals surface area contributed by atoms with Gasteiger partial charge >= 0.3 is 0 Å². The lowest BCUT2D eigenvalue weighted by Gasteiger charge is -2.13. The van der Waals surface area contributed by atoms with E-state index in [0.29, 0.717) is 0 Å². The Morgan fingerprint density at radius 2 is 1.07 bits per heavy atom. The minimum absolute atomic E-state index is 0.754. The van der Waals surface area contributed by atoms with E-state index in [0.717, 1.165) is 39.7 Å². The number of hydrogen-bond donors (Lipinski definition) is 0. The third-order valence-electron chi connectivity index (χ3n) is 8.37. The number of hydrogen-bond acceptors (Lipinski definition) is 2. The van der Waals surface area contributed by atoms with E-state index in [4.69, 9.17) is 10.2 Å². The van der Waals surface area contributed by atoms with Gasteiger partial charge in [0.05, 0.1) is 22.2 Å². The molecule has 5 nitrogen and oxygen atoms in total. The van der Waals surface area contributed by atoms with E-state index >= 15 is 0 Å². The van der Waals surface area contributed by atoms with E-state index in [1.165, 1.54) is 32.4 Å². The summed E-state index contributed by atoms with van der Waals surface area (Å²) in [5.74, 6) is 1.56. The highest BCUT2D eigenvalue weighted by Crippen LogP contribution is 2.37. The summed E-state index contributed by atoms with van der Waals surface area (Å²) in [7, 11) is 0. The number of rotatable bonds is 4. The molecule has 202 valence electrons. The van der Waals surface area contributed by atoms with E-state index in [-0.39, 0.29) is 0 Å². The minimum Gasteiger partial charge on any atom is -0.317 e. The molecule has 0 radical (unpaired) electrons. The van der Waals surface area contributed by atoms with Crippen LogP contribution in [-0.2, 0) is 0 Å². The maximum atomic E-state index is 4.86. The van der Waals surface area contributed by atoms with Gasteiger partial charge in [-0.05, 0) is 71.4 Å². The van der Waals surface area contributed by atoms with Crippen molar-refractivity contribution in [3.05, 3.63) is 152 Å². The van der Waals surface area contributed by atoms with Crippen molar-refractivity contribution in [3.8, 4) is 28.7 Å². The Bertz CT molecular complexity index is 2430. The molecule has 43 heavy (non-hydrogen) atoms. The van der Waals surface area contributed by atoms with Crippen LogP contribution < -0.4 is 0 Å². The van der Waals surface area contributed by atoms with Gasteiger partial charge in [0, 0.05) is 33.6 Å². The van der Waals surface area contributed by atoms with Gasteiger partial charge in [0.1, 0.15) is 0 Å². The van der Waals surface area contributed by atoms with Gasteiger partial charge in [-0.3, -0.25) is 9.13 Å². The van der Waals surface area contributed by atoms with Gasteiger partial charge in [0.2, 0.25) is 5.95 Å². The second kappa shape index (κ2) is 9.29. The normalized spacial score (nSPS) is 11.7. The molecule has 3 heterocycles. The van der Waals surface area contributed by atoms with Gasteiger partial charge in [-0.15, -0.1) is 10.2 Å². The van der Waals surface area contributed by atoms with Crippen molar-refractivity contribution in [1.29, 1.82) is 0 Å². The Kier molecular flexibility index (Phi) is 5.13. The Morgan fingerprint density at radius 1 is 0.419 bits per heavy atom. The van der Waals surface area contributed by atoms with Crippen LogP contribution in [0.25, 0.3) is 72.2 Å². The molecule has 9 aromatic rings. The molecule has 0 N–H and O–H groups in total. The smallest absolute Gasteiger partial charge is 0.241 e. The molecule has 0 aliphatic carbocycles. The second-order valence-electron chi connectivity index (χ2n) is 10.9. The predicted octanol–water partition coefficient (Wildman–Crippen LogP) is 9.13. The monoisotopic (exact) mass is 551 g/mol. The SMILES string of the molecule is c1ccc(-c2nnc(-n3c4ccccc4c4cc5cc6ccn(-c7ccccc7)c6cc5cc43)n2-c2ccccc2)cc1. The highest BCUT2D eigenvalue weighted by molar-refractivity contribution is 6.14. The van der Waals surface area contributed by atoms with E-state index in [2.05, 4.69) is 141 Å². The third-order valence-corrected chi connectivity index (χ3v) is 8.37. The van der Waals surface area contributed by atoms with Crippen LogP contribution in [0.15, 0.2) is 152 Å². The predicted molar refractivity (Wildman–Crippen MR) is 175 cm³/mol. The van der Waals surface area contributed by atoms with Crippen molar-refractivity contribution in [1.82, 2.24) is 23.9 Å². The maximum Gasteiger partial charge on any atom is 0.241 e. The lowest BCUT2D eigenvalue weighted by Crippen LogP contribution is -2.06. The lowest BCUT2D eigenvalue weighted by molar-refractivity contribution is 0.933.